The van der Waals surface area contributed by atoms with Crippen molar-refractivity contribution in [1.82, 2.24) is 0 Å². The third-order valence-corrected chi connectivity index (χ3v) is 3.58. The lowest BCUT2D eigenvalue weighted by molar-refractivity contribution is -0.384. The molecule has 0 bridgehead atoms. The molecule has 0 aliphatic carbocycles. The Morgan fingerprint density at radius 1 is 1.27 bits per heavy atom. The van der Waals surface area contributed by atoms with E-state index in [-0.39, 0.29) is 5.69 Å². The van der Waals surface area contributed by atoms with Crippen molar-refractivity contribution in [2.75, 3.05) is 7.11 Å². The van der Waals surface area contributed by atoms with E-state index in [9.17, 15) is 14.9 Å². The number of methoxy groups -OCH3 is 1. The average Bonchev–Trinajstić information content (AvgIpc) is 2.61. The molecule has 1 N–H and O–H groups in total. The second-order valence-electron chi connectivity index (χ2n) is 5.49. The van der Waals surface area contributed by atoms with Gasteiger partial charge in [0.1, 0.15) is 0 Å². The molecule has 0 amide bonds. The van der Waals surface area contributed by atoms with E-state index in [2.05, 4.69) is 4.99 Å². The van der Waals surface area contributed by atoms with Gasteiger partial charge in [-0.25, -0.2) is 4.79 Å². The molecule has 0 saturated heterocycles. The van der Waals surface area contributed by atoms with Gasteiger partial charge >= 0.3 is 5.97 Å². The molecule has 2 aromatic carbocycles. The SMILES string of the molecule is COc1cc(C=Nc2ccc([N+](=O)[O-])cc2C)ccc1O[C@@H](C)C(=O)O. The molecule has 1 atom stereocenters. The summed E-state index contributed by atoms with van der Waals surface area (Å²) in [7, 11) is 1.45. The number of rotatable bonds is 7. The average molecular weight is 358 g/mol. The molecule has 26 heavy (non-hydrogen) atoms. The van der Waals surface area contributed by atoms with Crippen LogP contribution in [0, 0.1) is 17.0 Å². The summed E-state index contributed by atoms with van der Waals surface area (Å²) in [6.45, 7) is 3.17. The number of carboxylic acids is 1. The third-order valence-electron chi connectivity index (χ3n) is 3.58. The van der Waals surface area contributed by atoms with Gasteiger partial charge in [0.15, 0.2) is 17.6 Å². The van der Waals surface area contributed by atoms with Gasteiger partial charge in [-0.2, -0.15) is 0 Å². The van der Waals surface area contributed by atoms with Crippen LogP contribution in [-0.4, -0.2) is 35.4 Å². The molecule has 8 heteroatoms. The van der Waals surface area contributed by atoms with Crippen molar-refractivity contribution in [2.45, 2.75) is 20.0 Å². The van der Waals surface area contributed by atoms with E-state index in [1.54, 1.807) is 37.4 Å². The van der Waals surface area contributed by atoms with Gasteiger partial charge in [0, 0.05) is 18.3 Å². The summed E-state index contributed by atoms with van der Waals surface area (Å²) in [5.41, 5.74) is 2.00. The molecule has 0 heterocycles. The number of aliphatic imine (C=N–C) groups is 1. The number of nitro benzene ring substituents is 1. The first-order chi connectivity index (χ1) is 12.3. The van der Waals surface area contributed by atoms with Crippen LogP contribution in [-0.2, 0) is 4.79 Å². The van der Waals surface area contributed by atoms with Gasteiger partial charge in [0.05, 0.1) is 17.7 Å². The molecule has 8 nitrogen and oxygen atoms in total. The summed E-state index contributed by atoms with van der Waals surface area (Å²) in [5.74, 6) is -0.389. The van der Waals surface area contributed by atoms with Crippen molar-refractivity contribution in [1.29, 1.82) is 0 Å². The van der Waals surface area contributed by atoms with Crippen LogP contribution in [0.2, 0.25) is 0 Å². The van der Waals surface area contributed by atoms with Crippen molar-refractivity contribution >= 4 is 23.6 Å². The smallest absolute Gasteiger partial charge is 0.344 e. The van der Waals surface area contributed by atoms with Crippen molar-refractivity contribution in [3.63, 3.8) is 0 Å². The number of non-ortho nitro benzene ring substituents is 1. The number of carboxylic acid groups (broad SMARTS) is 1. The molecular weight excluding hydrogens is 340 g/mol. The maximum absolute atomic E-state index is 10.9. The molecule has 136 valence electrons. The maximum atomic E-state index is 10.9. The second-order valence-corrected chi connectivity index (χ2v) is 5.49. The highest BCUT2D eigenvalue weighted by Crippen LogP contribution is 2.29. The molecule has 0 radical (unpaired) electrons. The second kappa shape index (κ2) is 8.11. The number of hydrogen-bond donors (Lipinski definition) is 1. The standard InChI is InChI=1S/C18H18N2O6/c1-11-8-14(20(23)24)5-6-15(11)19-10-13-4-7-16(17(9-13)25-3)26-12(2)18(21)22/h4-10,12H,1-3H3,(H,21,22)/t12-/m0/s1. The van der Waals surface area contributed by atoms with Gasteiger partial charge in [-0.3, -0.25) is 15.1 Å². The van der Waals surface area contributed by atoms with E-state index in [1.807, 2.05) is 0 Å². The molecular formula is C18H18N2O6. The van der Waals surface area contributed by atoms with Crippen LogP contribution in [0.1, 0.15) is 18.1 Å². The molecule has 0 fully saturated rings. The number of ether oxygens (including phenoxy) is 2. The normalized spacial score (nSPS) is 12.0. The Balaban J connectivity index is 2.23. The third kappa shape index (κ3) is 4.56. The summed E-state index contributed by atoms with van der Waals surface area (Å²) >= 11 is 0. The molecule has 2 aromatic rings. The first-order valence-corrected chi connectivity index (χ1v) is 7.68. The van der Waals surface area contributed by atoms with Gasteiger partial charge in [0.25, 0.3) is 5.69 Å². The first kappa shape index (κ1) is 18.9. The summed E-state index contributed by atoms with van der Waals surface area (Å²) in [5, 5.41) is 19.7. The number of nitrogens with zero attached hydrogens (tertiary/aromatic N) is 2. The lowest BCUT2D eigenvalue weighted by Crippen LogP contribution is -2.23. The molecule has 0 aliphatic heterocycles. The van der Waals surface area contributed by atoms with Crippen LogP contribution >= 0.6 is 0 Å². The number of hydrogen-bond acceptors (Lipinski definition) is 6. The Bertz CT molecular complexity index is 863. The largest absolute Gasteiger partial charge is 0.493 e. The topological polar surface area (TPSA) is 111 Å². The van der Waals surface area contributed by atoms with E-state index in [4.69, 9.17) is 14.6 Å². The summed E-state index contributed by atoms with van der Waals surface area (Å²) < 4.78 is 10.6. The zero-order chi connectivity index (χ0) is 19.3. The highest BCUT2D eigenvalue weighted by atomic mass is 16.6. The van der Waals surface area contributed by atoms with Crippen molar-refractivity contribution in [3.8, 4) is 11.5 Å². The number of aryl methyl sites for hydroxylation is 1. The van der Waals surface area contributed by atoms with Crippen molar-refractivity contribution in [2.24, 2.45) is 4.99 Å². The molecule has 0 aliphatic rings. The van der Waals surface area contributed by atoms with Crippen LogP contribution in [0.5, 0.6) is 11.5 Å². The Labute approximate surface area is 149 Å². The van der Waals surface area contributed by atoms with Gasteiger partial charge < -0.3 is 14.6 Å². The zero-order valence-corrected chi connectivity index (χ0v) is 14.5. The fourth-order valence-corrected chi connectivity index (χ4v) is 2.14. The van der Waals surface area contributed by atoms with Gasteiger partial charge in [-0.15, -0.1) is 0 Å². The maximum Gasteiger partial charge on any atom is 0.344 e. The van der Waals surface area contributed by atoms with Crippen LogP contribution in [0.3, 0.4) is 0 Å². The highest BCUT2D eigenvalue weighted by molar-refractivity contribution is 5.83. The predicted molar refractivity (Wildman–Crippen MR) is 95.8 cm³/mol. The minimum Gasteiger partial charge on any atom is -0.493 e. The molecule has 0 saturated carbocycles. The van der Waals surface area contributed by atoms with Crippen LogP contribution in [0.25, 0.3) is 0 Å². The van der Waals surface area contributed by atoms with E-state index < -0.39 is 17.0 Å². The number of carbonyl (C=O) groups is 1. The number of benzene rings is 2. The van der Waals surface area contributed by atoms with Gasteiger partial charge in [0.2, 0.25) is 0 Å². The lowest BCUT2D eigenvalue weighted by Gasteiger charge is -2.14. The number of nitro groups is 1. The van der Waals surface area contributed by atoms with Crippen molar-refractivity contribution in [3.05, 3.63) is 57.6 Å². The quantitative estimate of drug-likeness (QED) is 0.460. The number of aliphatic carboxylic acids is 1. The zero-order valence-electron chi connectivity index (χ0n) is 14.5. The van der Waals surface area contributed by atoms with Gasteiger partial charge in [-0.05, 0) is 49.2 Å². The summed E-state index contributed by atoms with van der Waals surface area (Å²) in [6, 6.07) is 9.39. The Hall–Kier alpha value is -3.42. The lowest BCUT2D eigenvalue weighted by atomic mass is 10.1. The predicted octanol–water partition coefficient (Wildman–Crippen LogP) is 3.51. The summed E-state index contributed by atoms with van der Waals surface area (Å²) in [6.07, 6.45) is 0.576. The summed E-state index contributed by atoms with van der Waals surface area (Å²) in [4.78, 5) is 25.5. The Kier molecular flexibility index (Phi) is 5.90. The molecule has 0 aromatic heterocycles. The van der Waals surface area contributed by atoms with Gasteiger partial charge in [-0.1, -0.05) is 0 Å². The minimum atomic E-state index is -1.08. The highest BCUT2D eigenvalue weighted by Gasteiger charge is 2.15. The molecule has 0 spiro atoms. The van der Waals surface area contributed by atoms with Crippen LogP contribution in [0.4, 0.5) is 11.4 Å². The van der Waals surface area contributed by atoms with Crippen LogP contribution in [0.15, 0.2) is 41.4 Å². The Morgan fingerprint density at radius 2 is 2.00 bits per heavy atom. The Morgan fingerprint density at radius 3 is 2.58 bits per heavy atom. The van der Waals surface area contributed by atoms with E-state index in [1.165, 1.54) is 26.2 Å². The monoisotopic (exact) mass is 358 g/mol. The molecule has 0 unspecified atom stereocenters. The molecule has 2 rings (SSSR count). The van der Waals surface area contributed by atoms with E-state index >= 15 is 0 Å². The van der Waals surface area contributed by atoms with E-state index in [0.717, 1.165) is 0 Å². The van der Waals surface area contributed by atoms with Crippen LogP contribution < -0.4 is 9.47 Å². The van der Waals surface area contributed by atoms with Crippen molar-refractivity contribution < 1.29 is 24.3 Å². The fraction of sp³-hybridized carbons (Fsp3) is 0.222. The minimum absolute atomic E-state index is 0.0113. The fourth-order valence-electron chi connectivity index (χ4n) is 2.14. The van der Waals surface area contributed by atoms with E-state index in [0.29, 0.717) is 28.3 Å². The first-order valence-electron chi connectivity index (χ1n) is 7.68.